The molecule has 12 heteroatoms. The largest absolute Gasteiger partial charge is 0.394 e. The van der Waals surface area contributed by atoms with E-state index in [4.69, 9.17) is 14.2 Å². The Balaban J connectivity index is 2.26. The molecule has 2 amide bonds. The van der Waals surface area contributed by atoms with Gasteiger partial charge in [0.25, 0.3) is 0 Å². The van der Waals surface area contributed by atoms with Gasteiger partial charge in [0, 0.05) is 13.8 Å². The molecule has 9 unspecified atom stereocenters. The number of carbonyl (C=O) groups is 2. The van der Waals surface area contributed by atoms with Gasteiger partial charge in [0.05, 0.1) is 25.4 Å². The monoisotopic (exact) mass is 422 g/mol. The maximum Gasteiger partial charge on any atom is 0.217 e. The molecule has 2 heterocycles. The highest BCUT2D eigenvalue weighted by atomic mass is 16.7. The molecule has 168 valence electrons. The van der Waals surface area contributed by atoms with Gasteiger partial charge in [-0.25, -0.2) is 0 Å². The third kappa shape index (κ3) is 5.41. The zero-order valence-electron chi connectivity index (χ0n) is 16.5. The summed E-state index contributed by atoms with van der Waals surface area (Å²) < 4.78 is 16.9. The fourth-order valence-electron chi connectivity index (χ4n) is 3.63. The Hall–Kier alpha value is -1.38. The zero-order valence-corrected chi connectivity index (χ0v) is 16.5. The third-order valence-corrected chi connectivity index (χ3v) is 5.06. The van der Waals surface area contributed by atoms with Crippen LogP contribution >= 0.6 is 0 Å². The molecule has 0 bridgehead atoms. The lowest BCUT2D eigenvalue weighted by atomic mass is 9.92. The summed E-state index contributed by atoms with van der Waals surface area (Å²) in [4.78, 5) is 23.0. The van der Waals surface area contributed by atoms with Crippen molar-refractivity contribution in [3.8, 4) is 0 Å². The first kappa shape index (κ1) is 23.9. The lowest BCUT2D eigenvalue weighted by Crippen LogP contribution is -2.68. The van der Waals surface area contributed by atoms with E-state index in [2.05, 4.69) is 10.6 Å². The average molecular weight is 422 g/mol. The molecule has 0 spiro atoms. The molecule has 2 rings (SSSR count). The second kappa shape index (κ2) is 10.1. The maximum atomic E-state index is 11.5. The van der Waals surface area contributed by atoms with Crippen LogP contribution in [0, 0.1) is 0 Å². The van der Waals surface area contributed by atoms with Crippen LogP contribution in [0.5, 0.6) is 0 Å². The molecule has 0 aromatic rings. The number of hydrogen-bond acceptors (Lipinski definition) is 10. The number of ether oxygens (including phenoxy) is 3. The molecule has 0 aromatic heterocycles. The molecular formula is C17H30N2O10. The number of hydrogen-bond donors (Lipinski definition) is 7. The number of rotatable bonds is 6. The number of amides is 2. The quantitative estimate of drug-likeness (QED) is 0.222. The highest BCUT2D eigenvalue weighted by molar-refractivity contribution is 5.73. The Morgan fingerprint density at radius 3 is 1.93 bits per heavy atom. The minimum atomic E-state index is -1.53. The van der Waals surface area contributed by atoms with Gasteiger partial charge in [-0.05, 0) is 6.92 Å². The van der Waals surface area contributed by atoms with Crippen LogP contribution in [0.1, 0.15) is 20.8 Å². The van der Waals surface area contributed by atoms with Crippen LogP contribution in [-0.4, -0.2) is 112 Å². The van der Waals surface area contributed by atoms with E-state index >= 15 is 0 Å². The van der Waals surface area contributed by atoms with Crippen LogP contribution in [0.2, 0.25) is 0 Å². The molecule has 2 aliphatic heterocycles. The zero-order chi connectivity index (χ0) is 21.9. The molecule has 0 aromatic carbocycles. The van der Waals surface area contributed by atoms with E-state index in [1.165, 1.54) is 13.8 Å². The van der Waals surface area contributed by atoms with Crippen LogP contribution in [0.3, 0.4) is 0 Å². The minimum absolute atomic E-state index is 0.408. The van der Waals surface area contributed by atoms with Crippen molar-refractivity contribution in [1.82, 2.24) is 10.6 Å². The van der Waals surface area contributed by atoms with Gasteiger partial charge >= 0.3 is 0 Å². The summed E-state index contributed by atoms with van der Waals surface area (Å²) >= 11 is 0. The summed E-state index contributed by atoms with van der Waals surface area (Å²) in [6.45, 7) is 2.92. The van der Waals surface area contributed by atoms with Crippen LogP contribution in [0.15, 0.2) is 0 Å². The van der Waals surface area contributed by atoms with Crippen molar-refractivity contribution in [3.63, 3.8) is 0 Å². The van der Waals surface area contributed by atoms with Crippen LogP contribution in [-0.2, 0) is 23.8 Å². The van der Waals surface area contributed by atoms with Gasteiger partial charge in [-0.2, -0.15) is 0 Å². The van der Waals surface area contributed by atoms with Gasteiger partial charge < -0.3 is 50.4 Å². The van der Waals surface area contributed by atoms with Crippen molar-refractivity contribution < 1.29 is 49.3 Å². The number of carbonyl (C=O) groups excluding carboxylic acids is 2. The molecule has 0 saturated carbocycles. The normalized spacial score (nSPS) is 42.9. The Labute approximate surface area is 167 Å². The van der Waals surface area contributed by atoms with Gasteiger partial charge in [0.1, 0.15) is 42.7 Å². The maximum absolute atomic E-state index is 11.5. The number of aliphatic hydroxyl groups excluding tert-OH is 5. The molecule has 0 aliphatic carbocycles. The molecule has 0 radical (unpaired) electrons. The molecule has 12 nitrogen and oxygen atoms in total. The van der Waals surface area contributed by atoms with Gasteiger partial charge in [-0.15, -0.1) is 0 Å². The molecule has 2 fully saturated rings. The van der Waals surface area contributed by atoms with E-state index in [-0.39, 0.29) is 0 Å². The van der Waals surface area contributed by atoms with E-state index in [1.54, 1.807) is 6.92 Å². The second-order valence-electron chi connectivity index (χ2n) is 7.31. The van der Waals surface area contributed by atoms with Crippen molar-refractivity contribution in [3.05, 3.63) is 0 Å². The van der Waals surface area contributed by atoms with Crippen molar-refractivity contribution in [2.45, 2.75) is 81.9 Å². The van der Waals surface area contributed by atoms with Gasteiger partial charge in [-0.1, -0.05) is 0 Å². The summed E-state index contributed by atoms with van der Waals surface area (Å²) in [5.74, 6) is -0.945. The van der Waals surface area contributed by atoms with Crippen LogP contribution < -0.4 is 10.6 Å². The van der Waals surface area contributed by atoms with Crippen molar-refractivity contribution in [2.24, 2.45) is 0 Å². The number of aliphatic hydroxyl groups is 5. The summed E-state index contributed by atoms with van der Waals surface area (Å²) in [6, 6.07) is -2.08. The van der Waals surface area contributed by atoms with Crippen molar-refractivity contribution in [2.75, 3.05) is 13.2 Å². The molecule has 2 aliphatic rings. The minimum Gasteiger partial charge on any atom is -0.394 e. The predicted molar refractivity (Wildman–Crippen MR) is 95.3 cm³/mol. The third-order valence-electron chi connectivity index (χ3n) is 5.06. The van der Waals surface area contributed by atoms with Crippen molar-refractivity contribution in [1.29, 1.82) is 0 Å². The Morgan fingerprint density at radius 2 is 1.41 bits per heavy atom. The first-order valence-corrected chi connectivity index (χ1v) is 9.37. The Kier molecular flexibility index (Phi) is 8.31. The first-order chi connectivity index (χ1) is 13.6. The molecular weight excluding hydrogens is 392 g/mol. The summed E-state index contributed by atoms with van der Waals surface area (Å²) in [5.41, 5.74) is 0. The highest BCUT2D eigenvalue weighted by Crippen LogP contribution is 2.29. The van der Waals surface area contributed by atoms with Gasteiger partial charge in [0.2, 0.25) is 11.8 Å². The topological polar surface area (TPSA) is 187 Å². The fraction of sp³-hybridized carbons (Fsp3) is 0.882. The first-order valence-electron chi connectivity index (χ1n) is 9.37. The van der Waals surface area contributed by atoms with E-state index in [0.717, 1.165) is 0 Å². The van der Waals surface area contributed by atoms with E-state index < -0.39 is 86.1 Å². The molecule has 7 N–H and O–H groups in total. The average Bonchev–Trinajstić information content (AvgIpc) is 2.65. The van der Waals surface area contributed by atoms with E-state index in [1.807, 2.05) is 0 Å². The lowest BCUT2D eigenvalue weighted by molar-refractivity contribution is -0.313. The van der Waals surface area contributed by atoms with Gasteiger partial charge in [0.15, 0.2) is 6.29 Å². The number of nitrogens with one attached hydrogen (secondary N) is 2. The highest BCUT2D eigenvalue weighted by Gasteiger charge is 2.50. The predicted octanol–water partition coefficient (Wildman–Crippen LogP) is -4.04. The fourth-order valence-corrected chi connectivity index (χ4v) is 3.63. The SMILES string of the molecule is CC(=O)NC1C(OC2C(CO)O[C@@H](C)C(NC(C)=O)C2O)OC(CO)C(O)C1O. The summed E-state index contributed by atoms with van der Waals surface area (Å²) in [6.07, 6.45) is -9.80. The lowest BCUT2D eigenvalue weighted by Gasteiger charge is -2.47. The van der Waals surface area contributed by atoms with Crippen molar-refractivity contribution >= 4 is 11.8 Å². The summed E-state index contributed by atoms with van der Waals surface area (Å²) in [7, 11) is 0. The smallest absolute Gasteiger partial charge is 0.217 e. The Morgan fingerprint density at radius 1 is 0.862 bits per heavy atom. The molecule has 29 heavy (non-hydrogen) atoms. The summed E-state index contributed by atoms with van der Waals surface area (Å²) in [5, 5.41) is 55.2. The van der Waals surface area contributed by atoms with Gasteiger partial charge in [-0.3, -0.25) is 9.59 Å². The Bertz CT molecular complexity index is 578. The van der Waals surface area contributed by atoms with Crippen LogP contribution in [0.4, 0.5) is 0 Å². The molecule has 10 atom stereocenters. The second-order valence-corrected chi connectivity index (χ2v) is 7.31. The van der Waals surface area contributed by atoms with E-state index in [0.29, 0.717) is 0 Å². The van der Waals surface area contributed by atoms with Crippen LogP contribution in [0.25, 0.3) is 0 Å². The van der Waals surface area contributed by atoms with E-state index in [9.17, 15) is 35.1 Å². The molecule has 2 saturated heterocycles. The standard InChI is InChI=1S/C17H30N2O10/c1-6-11(18-7(2)22)15(26)16(10(5-21)27-6)29-17-12(19-8(3)23)14(25)13(24)9(4-20)28-17/h6,9-17,20-21,24-26H,4-5H2,1-3H3,(H,18,22)(H,19,23)/t6-,9?,10?,11?,12?,13?,14?,15?,16?,17?/m0/s1.